The standard InChI is InChI=1S/C13H20N2O2.C13H20N2O.C12H17BrN2O.2C12H16Cl2N2O.C12H16ClFN2O.C12H17FN2O.C12H17IN2O/c1-10(2)13(16)15(9-8-14)11-4-6-12(17-3)7-5-11;1-10(2)13(16)15(9-8-14)12-6-4-11(3)5-7-12;1-9(2)12(16)15(8-7-14)11-5-3-10(13)4-6-11;1-8(2)12(17)16(6-5-15)11-4-3-9(13)7-10(11)14;2*1-8(2)12(17)16(6-5-15)9-3-4-10(13)11(14)7-9;2*1-9(2)12(16)15(8-7-14)11-5-3-10(13)4-6-11/h4-7,10H,8-9,14H2,1-3H3;4-7,10H,8-9,14H2,1-3H3;3-6,9H,7-8,14H2,1-2H3;3*3-4,7-8H,5-6,15H2,1-2H3;2*3-6,9H,7-8,14H2,1-2H3. The van der Waals surface area contributed by atoms with Crippen LogP contribution in [0, 0.1) is 69.5 Å². The number of benzene rings is 8. The van der Waals surface area contributed by atoms with E-state index in [0.717, 1.165) is 42.2 Å². The first kappa shape index (κ1) is 122. The molecule has 0 aliphatic carbocycles. The van der Waals surface area contributed by atoms with Gasteiger partial charge in [-0.25, -0.2) is 8.78 Å². The Morgan fingerprint density at radius 1 is 0.311 bits per heavy atom. The quantitative estimate of drug-likeness (QED) is 0.0177. The lowest BCUT2D eigenvalue weighted by Gasteiger charge is -2.25. The molecular formula is C98H139BrCl5F2IN16O9. The molecule has 25 nitrogen and oxygen atoms in total. The molecule has 8 amide bonds. The molecule has 132 heavy (non-hydrogen) atoms. The van der Waals surface area contributed by atoms with Crippen LogP contribution in [-0.2, 0) is 38.4 Å². The van der Waals surface area contributed by atoms with Crippen molar-refractivity contribution in [3.05, 3.63) is 226 Å². The van der Waals surface area contributed by atoms with Gasteiger partial charge in [0.25, 0.3) is 0 Å². The van der Waals surface area contributed by atoms with E-state index in [1.807, 2.05) is 201 Å². The highest BCUT2D eigenvalue weighted by Crippen LogP contribution is 2.32. The van der Waals surface area contributed by atoms with E-state index in [0.29, 0.717) is 142 Å². The molecule has 0 radical (unpaired) electrons. The van der Waals surface area contributed by atoms with Crippen LogP contribution in [0.1, 0.15) is 116 Å². The monoisotopic (exact) mass is 2100 g/mol. The van der Waals surface area contributed by atoms with Crippen molar-refractivity contribution in [2.45, 2.75) is 118 Å². The number of hydrogen-bond acceptors (Lipinski definition) is 17. The molecule has 34 heteroatoms. The Bertz CT molecular complexity index is 4400. The number of ether oxygens (including phenoxy) is 1. The third-order valence-electron chi connectivity index (χ3n) is 18.7. The van der Waals surface area contributed by atoms with Crippen LogP contribution in [-0.4, -0.2) is 159 Å². The largest absolute Gasteiger partial charge is 0.497 e. The van der Waals surface area contributed by atoms with Gasteiger partial charge in [-0.1, -0.05) is 202 Å². The van der Waals surface area contributed by atoms with E-state index in [4.69, 9.17) is 109 Å². The van der Waals surface area contributed by atoms with Crippen molar-refractivity contribution < 1.29 is 51.9 Å². The van der Waals surface area contributed by atoms with Gasteiger partial charge in [0.2, 0.25) is 47.3 Å². The van der Waals surface area contributed by atoms with Gasteiger partial charge < -0.3 is 89.8 Å². The van der Waals surface area contributed by atoms with E-state index in [-0.39, 0.29) is 105 Å². The minimum Gasteiger partial charge on any atom is -0.497 e. The Morgan fingerprint density at radius 3 is 0.841 bits per heavy atom. The van der Waals surface area contributed by atoms with Gasteiger partial charge in [0.15, 0.2) is 0 Å². The normalized spacial score (nSPS) is 10.6. The maximum Gasteiger partial charge on any atom is 0.229 e. The second-order valence-corrected chi connectivity index (χ2v) is 36.4. The van der Waals surface area contributed by atoms with Crippen LogP contribution < -0.4 is 89.8 Å². The van der Waals surface area contributed by atoms with E-state index in [2.05, 4.69) is 38.5 Å². The lowest BCUT2D eigenvalue weighted by Crippen LogP contribution is -2.38. The fourth-order valence-corrected chi connectivity index (χ4v) is 13.3. The number of amides is 8. The van der Waals surface area contributed by atoms with Crippen LogP contribution in [0.4, 0.5) is 54.3 Å². The number of halogens is 9. The summed E-state index contributed by atoms with van der Waals surface area (Å²) in [6.45, 7) is 39.1. The highest BCUT2D eigenvalue weighted by Gasteiger charge is 2.27. The van der Waals surface area contributed by atoms with Crippen molar-refractivity contribution >= 4 is 189 Å². The second kappa shape index (κ2) is 65.2. The smallest absolute Gasteiger partial charge is 0.229 e. The Balaban J connectivity index is 0.000000754. The first-order valence-electron chi connectivity index (χ1n) is 43.7. The molecule has 0 saturated heterocycles. The Hall–Kier alpha value is -8.48. The Kier molecular flexibility index (Phi) is 60.1. The number of hydrogen-bond donors (Lipinski definition) is 8. The van der Waals surface area contributed by atoms with Crippen LogP contribution >= 0.6 is 96.5 Å². The van der Waals surface area contributed by atoms with Gasteiger partial charge >= 0.3 is 0 Å². The third-order valence-corrected chi connectivity index (χ3v) is 21.5. The van der Waals surface area contributed by atoms with E-state index in [1.165, 1.54) is 34.7 Å². The zero-order valence-electron chi connectivity index (χ0n) is 79.4. The number of carbonyl (C=O) groups is 8. The lowest BCUT2D eigenvalue weighted by molar-refractivity contribution is -0.122. The fourth-order valence-electron chi connectivity index (χ4n) is 11.8. The van der Waals surface area contributed by atoms with Crippen molar-refractivity contribution in [3.8, 4) is 5.75 Å². The number of methoxy groups -OCH3 is 1. The SMILES string of the molecule is CC(C)C(=O)N(CCN)c1ccc(Br)cc1.CC(C)C(=O)N(CCN)c1ccc(Cl)c(Cl)c1.CC(C)C(=O)N(CCN)c1ccc(Cl)c(F)c1.CC(C)C(=O)N(CCN)c1ccc(Cl)cc1Cl.CC(C)C(=O)N(CCN)c1ccc(F)cc1.CC(C)C(=O)N(CCN)c1ccc(I)cc1.COc1ccc(N(CCN)C(=O)C(C)C)cc1.Cc1ccc(N(CCN)C(=O)C(C)C)cc1. The molecule has 8 aromatic rings. The summed E-state index contributed by atoms with van der Waals surface area (Å²) in [5, 5.41) is 1.95. The van der Waals surface area contributed by atoms with Gasteiger partial charge in [0.05, 0.1) is 32.9 Å². The predicted molar refractivity (Wildman–Crippen MR) is 558 cm³/mol. The summed E-state index contributed by atoms with van der Waals surface area (Å²) in [6.07, 6.45) is 0. The summed E-state index contributed by atoms with van der Waals surface area (Å²) in [4.78, 5) is 109. The molecule has 0 aliphatic heterocycles. The van der Waals surface area contributed by atoms with Gasteiger partial charge in [-0.15, -0.1) is 0 Å². The number of nitrogens with two attached hydrogens (primary N) is 8. The van der Waals surface area contributed by atoms with E-state index >= 15 is 0 Å². The molecule has 0 saturated carbocycles. The zero-order chi connectivity index (χ0) is 100. The summed E-state index contributed by atoms with van der Waals surface area (Å²) in [6, 6.07) is 51.3. The molecule has 0 heterocycles. The highest BCUT2D eigenvalue weighted by atomic mass is 127. The van der Waals surface area contributed by atoms with Crippen LogP contribution in [0.15, 0.2) is 180 Å². The molecular weight excluding hydrogens is 1970 g/mol. The van der Waals surface area contributed by atoms with Gasteiger partial charge in [0.1, 0.15) is 17.4 Å². The van der Waals surface area contributed by atoms with E-state index in [1.54, 1.807) is 110 Å². The average molecular weight is 2110 g/mol. The highest BCUT2D eigenvalue weighted by molar-refractivity contribution is 14.1. The minimum absolute atomic E-state index is 0.000303. The molecule has 8 aromatic carbocycles. The molecule has 0 aliphatic rings. The van der Waals surface area contributed by atoms with Crippen molar-refractivity contribution in [2.24, 2.45) is 93.2 Å². The maximum absolute atomic E-state index is 13.3. The number of nitrogens with zero attached hydrogens (tertiary/aromatic N) is 8. The predicted octanol–water partition coefficient (Wildman–Crippen LogP) is 18.3. The summed E-state index contributed by atoms with van der Waals surface area (Å²) < 4.78 is 33.4. The summed E-state index contributed by atoms with van der Waals surface area (Å²) in [5.41, 5.74) is 51.5. The molecule has 0 aromatic heterocycles. The van der Waals surface area contributed by atoms with Crippen molar-refractivity contribution in [1.29, 1.82) is 0 Å². The van der Waals surface area contributed by atoms with Gasteiger partial charge in [-0.3, -0.25) is 38.4 Å². The summed E-state index contributed by atoms with van der Waals surface area (Å²) in [5.74, 6) is -0.245. The van der Waals surface area contributed by atoms with Gasteiger partial charge in [-0.05, 0) is 193 Å². The minimum atomic E-state index is -0.539. The van der Waals surface area contributed by atoms with Crippen molar-refractivity contribution in [3.63, 3.8) is 0 Å². The first-order valence-corrected chi connectivity index (χ1v) is 47.4. The average Bonchev–Trinajstić information content (AvgIpc) is 0.837. The molecule has 0 unspecified atom stereocenters. The summed E-state index contributed by atoms with van der Waals surface area (Å²) in [7, 11) is 1.62. The molecule has 728 valence electrons. The molecule has 0 fully saturated rings. The van der Waals surface area contributed by atoms with Crippen LogP contribution in [0.2, 0.25) is 25.1 Å². The van der Waals surface area contributed by atoms with Crippen LogP contribution in [0.25, 0.3) is 0 Å². The van der Waals surface area contributed by atoms with Crippen LogP contribution in [0.5, 0.6) is 5.75 Å². The van der Waals surface area contributed by atoms with Crippen molar-refractivity contribution in [1.82, 2.24) is 0 Å². The molecule has 0 bridgehead atoms. The number of rotatable bonds is 33. The molecule has 16 N–H and O–H groups in total. The third kappa shape index (κ3) is 43.0. The lowest BCUT2D eigenvalue weighted by atomic mass is 10.1. The van der Waals surface area contributed by atoms with Crippen molar-refractivity contribution in [2.75, 3.05) is 151 Å². The maximum atomic E-state index is 13.3. The topological polar surface area (TPSA) is 380 Å². The zero-order valence-corrected chi connectivity index (χ0v) is 87.0. The van der Waals surface area contributed by atoms with E-state index < -0.39 is 5.82 Å². The fraction of sp³-hybridized carbons (Fsp3) is 0.429. The van der Waals surface area contributed by atoms with Gasteiger partial charge in [-0.2, -0.15) is 0 Å². The molecule has 0 atom stereocenters. The second-order valence-electron chi connectivity index (χ2n) is 32.2. The molecule has 8 rings (SSSR count). The van der Waals surface area contributed by atoms with E-state index in [9.17, 15) is 47.1 Å². The first-order chi connectivity index (χ1) is 62.2. The van der Waals surface area contributed by atoms with Gasteiger partial charge in [0, 0.05) is 205 Å². The Morgan fingerprint density at radius 2 is 0.561 bits per heavy atom. The van der Waals surface area contributed by atoms with Crippen LogP contribution in [0.3, 0.4) is 0 Å². The molecule has 0 spiro atoms. The summed E-state index contributed by atoms with van der Waals surface area (Å²) >= 11 is 34.9. The number of anilines is 8. The number of carbonyl (C=O) groups excluding carboxylic acids is 8. The Labute approximate surface area is 828 Å². The number of aryl methyl sites for hydroxylation is 1.